The SMILES string of the molecule is CCc1nc2ccccc2n1C1CC(CC)CCC1O. The summed E-state index contributed by atoms with van der Waals surface area (Å²) < 4.78 is 2.31. The van der Waals surface area contributed by atoms with Crippen LogP contribution in [0, 0.1) is 5.92 Å². The minimum Gasteiger partial charge on any atom is -0.391 e. The fourth-order valence-corrected chi connectivity index (χ4v) is 3.58. The molecule has 20 heavy (non-hydrogen) atoms. The van der Waals surface area contributed by atoms with Crippen molar-refractivity contribution >= 4 is 11.0 Å². The largest absolute Gasteiger partial charge is 0.391 e. The minimum atomic E-state index is -0.235. The molecule has 0 amide bonds. The molecule has 2 aromatic rings. The third-order valence-corrected chi connectivity index (χ3v) is 4.78. The standard InChI is InChI=1S/C17H24N2O/c1-3-12-9-10-16(20)15(11-12)19-14-8-6-5-7-13(14)18-17(19)4-2/h5-8,12,15-16,20H,3-4,9-11H2,1-2H3. The quantitative estimate of drug-likeness (QED) is 0.925. The van der Waals surface area contributed by atoms with Gasteiger partial charge in [-0.2, -0.15) is 0 Å². The molecular weight excluding hydrogens is 248 g/mol. The zero-order valence-corrected chi connectivity index (χ0v) is 12.4. The fourth-order valence-electron chi connectivity index (χ4n) is 3.58. The monoisotopic (exact) mass is 272 g/mol. The van der Waals surface area contributed by atoms with Gasteiger partial charge in [0.1, 0.15) is 5.82 Å². The normalized spacial score (nSPS) is 27.1. The molecule has 0 radical (unpaired) electrons. The van der Waals surface area contributed by atoms with Crippen LogP contribution in [0.15, 0.2) is 24.3 Å². The van der Waals surface area contributed by atoms with E-state index < -0.39 is 0 Å². The van der Waals surface area contributed by atoms with Gasteiger partial charge in [-0.25, -0.2) is 4.98 Å². The highest BCUT2D eigenvalue weighted by molar-refractivity contribution is 5.76. The first-order chi connectivity index (χ1) is 9.74. The van der Waals surface area contributed by atoms with E-state index in [0.29, 0.717) is 0 Å². The van der Waals surface area contributed by atoms with Crippen molar-refractivity contribution in [2.24, 2.45) is 5.92 Å². The van der Waals surface area contributed by atoms with Crippen LogP contribution in [0.5, 0.6) is 0 Å². The van der Waals surface area contributed by atoms with Crippen molar-refractivity contribution in [1.82, 2.24) is 9.55 Å². The van der Waals surface area contributed by atoms with E-state index in [9.17, 15) is 5.11 Å². The lowest BCUT2D eigenvalue weighted by Gasteiger charge is -2.35. The Bertz CT molecular complexity index is 590. The van der Waals surface area contributed by atoms with Gasteiger partial charge >= 0.3 is 0 Å². The summed E-state index contributed by atoms with van der Waals surface area (Å²) in [7, 11) is 0. The molecule has 0 aliphatic heterocycles. The van der Waals surface area contributed by atoms with E-state index in [2.05, 4.69) is 36.6 Å². The molecule has 3 rings (SSSR count). The summed E-state index contributed by atoms with van der Waals surface area (Å²) in [4.78, 5) is 4.74. The smallest absolute Gasteiger partial charge is 0.109 e. The Labute approximate surface area is 120 Å². The highest BCUT2D eigenvalue weighted by Crippen LogP contribution is 2.37. The minimum absolute atomic E-state index is 0.191. The number of imidazole rings is 1. The molecule has 3 heteroatoms. The van der Waals surface area contributed by atoms with Crippen LogP contribution in [-0.4, -0.2) is 20.8 Å². The summed E-state index contributed by atoms with van der Waals surface area (Å²) in [6, 6.07) is 8.48. The maximum Gasteiger partial charge on any atom is 0.109 e. The summed E-state index contributed by atoms with van der Waals surface area (Å²) in [5.41, 5.74) is 2.22. The average Bonchev–Trinajstić information content (AvgIpc) is 2.86. The van der Waals surface area contributed by atoms with Gasteiger partial charge in [0.25, 0.3) is 0 Å². The lowest BCUT2D eigenvalue weighted by Crippen LogP contribution is -2.32. The van der Waals surface area contributed by atoms with Crippen LogP contribution in [0.25, 0.3) is 11.0 Å². The number of nitrogens with zero attached hydrogens (tertiary/aromatic N) is 2. The summed E-state index contributed by atoms with van der Waals surface area (Å²) in [6.45, 7) is 4.40. The Hall–Kier alpha value is -1.35. The number of rotatable bonds is 3. The Balaban J connectivity index is 2.07. The molecule has 1 fully saturated rings. The number of benzene rings is 1. The number of aliphatic hydroxyl groups is 1. The summed E-state index contributed by atoms with van der Waals surface area (Å²) in [5, 5.41) is 10.5. The van der Waals surface area contributed by atoms with Gasteiger partial charge in [-0.1, -0.05) is 32.4 Å². The van der Waals surface area contributed by atoms with Gasteiger partial charge in [-0.15, -0.1) is 0 Å². The molecule has 1 saturated carbocycles. The topological polar surface area (TPSA) is 38.0 Å². The number of aromatic nitrogens is 2. The Morgan fingerprint density at radius 1 is 1.25 bits per heavy atom. The van der Waals surface area contributed by atoms with Crippen LogP contribution in [0.4, 0.5) is 0 Å². The van der Waals surface area contributed by atoms with Crippen molar-refractivity contribution in [3.8, 4) is 0 Å². The van der Waals surface area contributed by atoms with E-state index in [0.717, 1.165) is 42.9 Å². The lowest BCUT2D eigenvalue weighted by molar-refractivity contribution is 0.0539. The first-order valence-electron chi connectivity index (χ1n) is 7.88. The molecule has 1 aliphatic rings. The van der Waals surface area contributed by atoms with E-state index in [4.69, 9.17) is 4.98 Å². The Morgan fingerprint density at radius 3 is 2.80 bits per heavy atom. The van der Waals surface area contributed by atoms with Gasteiger partial charge in [-0.3, -0.25) is 0 Å². The van der Waals surface area contributed by atoms with Crippen LogP contribution in [0.3, 0.4) is 0 Å². The summed E-state index contributed by atoms with van der Waals surface area (Å²) in [6.07, 6.45) is 5.03. The van der Waals surface area contributed by atoms with Gasteiger partial charge in [0.05, 0.1) is 23.2 Å². The molecule has 3 unspecified atom stereocenters. The van der Waals surface area contributed by atoms with Crippen molar-refractivity contribution in [3.63, 3.8) is 0 Å². The maximum absolute atomic E-state index is 10.5. The van der Waals surface area contributed by atoms with Gasteiger partial charge in [0, 0.05) is 6.42 Å². The van der Waals surface area contributed by atoms with E-state index in [-0.39, 0.29) is 12.1 Å². The number of aryl methyl sites for hydroxylation is 1. The van der Waals surface area contributed by atoms with Gasteiger partial charge in [0.15, 0.2) is 0 Å². The molecule has 1 aromatic carbocycles. The van der Waals surface area contributed by atoms with Crippen LogP contribution in [0.1, 0.15) is 51.4 Å². The molecule has 1 aliphatic carbocycles. The van der Waals surface area contributed by atoms with Gasteiger partial charge < -0.3 is 9.67 Å². The molecule has 0 saturated heterocycles. The van der Waals surface area contributed by atoms with Gasteiger partial charge in [-0.05, 0) is 37.3 Å². The van der Waals surface area contributed by atoms with Crippen molar-refractivity contribution < 1.29 is 5.11 Å². The van der Waals surface area contributed by atoms with E-state index >= 15 is 0 Å². The second-order valence-corrected chi connectivity index (χ2v) is 5.96. The molecule has 108 valence electrons. The predicted octanol–water partition coefficient (Wildman–Crippen LogP) is 3.71. The summed E-state index contributed by atoms with van der Waals surface area (Å²) in [5.74, 6) is 1.83. The average molecular weight is 272 g/mol. The van der Waals surface area contributed by atoms with Gasteiger partial charge in [0.2, 0.25) is 0 Å². The Kier molecular flexibility index (Phi) is 3.79. The van der Waals surface area contributed by atoms with Crippen molar-refractivity contribution in [1.29, 1.82) is 0 Å². The highest BCUT2D eigenvalue weighted by Gasteiger charge is 2.31. The van der Waals surface area contributed by atoms with Crippen molar-refractivity contribution in [3.05, 3.63) is 30.1 Å². The van der Waals surface area contributed by atoms with Crippen LogP contribution in [0.2, 0.25) is 0 Å². The second-order valence-electron chi connectivity index (χ2n) is 5.96. The fraction of sp³-hybridized carbons (Fsp3) is 0.588. The number of fused-ring (bicyclic) bond motifs is 1. The summed E-state index contributed by atoms with van der Waals surface area (Å²) >= 11 is 0. The zero-order valence-electron chi connectivity index (χ0n) is 12.4. The molecule has 1 N–H and O–H groups in total. The first-order valence-corrected chi connectivity index (χ1v) is 7.88. The second kappa shape index (κ2) is 5.57. The molecule has 3 atom stereocenters. The number of aliphatic hydroxyl groups excluding tert-OH is 1. The first kappa shape index (κ1) is 13.6. The molecule has 0 bridgehead atoms. The van der Waals surface area contributed by atoms with E-state index in [1.807, 2.05) is 6.07 Å². The highest BCUT2D eigenvalue weighted by atomic mass is 16.3. The van der Waals surface area contributed by atoms with Crippen molar-refractivity contribution in [2.75, 3.05) is 0 Å². The number of hydrogen-bond acceptors (Lipinski definition) is 2. The zero-order chi connectivity index (χ0) is 14.1. The van der Waals surface area contributed by atoms with E-state index in [1.165, 1.54) is 11.9 Å². The molecule has 3 nitrogen and oxygen atoms in total. The van der Waals surface area contributed by atoms with Crippen LogP contribution in [-0.2, 0) is 6.42 Å². The third-order valence-electron chi connectivity index (χ3n) is 4.78. The van der Waals surface area contributed by atoms with Crippen LogP contribution >= 0.6 is 0 Å². The molecular formula is C17H24N2O. The molecule has 0 spiro atoms. The predicted molar refractivity (Wildman–Crippen MR) is 81.8 cm³/mol. The number of hydrogen-bond donors (Lipinski definition) is 1. The van der Waals surface area contributed by atoms with Crippen molar-refractivity contribution in [2.45, 2.75) is 58.1 Å². The molecule has 1 heterocycles. The lowest BCUT2D eigenvalue weighted by atomic mass is 9.82. The number of para-hydroxylation sites is 2. The molecule has 1 aromatic heterocycles. The van der Waals surface area contributed by atoms with E-state index in [1.54, 1.807) is 0 Å². The van der Waals surface area contributed by atoms with Crippen LogP contribution < -0.4 is 0 Å². The Morgan fingerprint density at radius 2 is 2.05 bits per heavy atom. The third kappa shape index (κ3) is 2.24. The maximum atomic E-state index is 10.5.